The minimum atomic E-state index is -0.253. The number of benzene rings is 1. The molecule has 1 aromatic carbocycles. The molecule has 1 aromatic heterocycles. The molecular weight excluding hydrogens is 233 g/mol. The summed E-state index contributed by atoms with van der Waals surface area (Å²) in [5.41, 5.74) is 2.28. The lowest BCUT2D eigenvalue weighted by atomic mass is 10.1. The first-order valence-electron chi connectivity index (χ1n) is 5.69. The zero-order valence-electron chi connectivity index (χ0n) is 10.0. The molecule has 0 aliphatic heterocycles. The van der Waals surface area contributed by atoms with Crippen LogP contribution >= 0.6 is 0 Å². The predicted octanol–water partition coefficient (Wildman–Crippen LogP) is 1.83. The first-order valence-corrected chi connectivity index (χ1v) is 5.69. The van der Waals surface area contributed by atoms with Gasteiger partial charge in [0.2, 0.25) is 0 Å². The van der Waals surface area contributed by atoms with Crippen molar-refractivity contribution in [1.82, 2.24) is 15.5 Å². The number of carbonyl (C=O) groups is 1. The summed E-state index contributed by atoms with van der Waals surface area (Å²) in [4.78, 5) is 11.7. The van der Waals surface area contributed by atoms with Crippen molar-refractivity contribution in [2.75, 3.05) is 6.54 Å². The fourth-order valence-electron chi connectivity index (χ4n) is 1.65. The summed E-state index contributed by atoms with van der Waals surface area (Å²) in [5, 5.41) is 9.30. The summed E-state index contributed by atoms with van der Waals surface area (Å²) in [6.07, 6.45) is 2.17. The van der Waals surface area contributed by atoms with Gasteiger partial charge in [0.15, 0.2) is 0 Å². The van der Waals surface area contributed by atoms with Crippen LogP contribution in [0.4, 0.5) is 4.39 Å². The molecule has 0 radical (unpaired) electrons. The SMILES string of the molecule is Cc1[nH]ncc1C(=O)NCCc1ccc(F)cc1. The van der Waals surface area contributed by atoms with Crippen LogP contribution in [0.25, 0.3) is 0 Å². The van der Waals surface area contributed by atoms with Crippen molar-refractivity contribution >= 4 is 5.91 Å². The Bertz CT molecular complexity index is 533. The Morgan fingerprint density at radius 3 is 2.72 bits per heavy atom. The fraction of sp³-hybridized carbons (Fsp3) is 0.231. The normalized spacial score (nSPS) is 10.3. The van der Waals surface area contributed by atoms with Crippen LogP contribution < -0.4 is 5.32 Å². The maximum atomic E-state index is 12.7. The van der Waals surface area contributed by atoms with Gasteiger partial charge in [-0.2, -0.15) is 5.10 Å². The standard InChI is InChI=1S/C13H14FN3O/c1-9-12(8-16-17-9)13(18)15-7-6-10-2-4-11(14)5-3-10/h2-5,8H,6-7H2,1H3,(H,15,18)(H,16,17). The summed E-state index contributed by atoms with van der Waals surface area (Å²) in [6, 6.07) is 6.25. The number of amides is 1. The van der Waals surface area contributed by atoms with Crippen molar-refractivity contribution in [3.8, 4) is 0 Å². The smallest absolute Gasteiger partial charge is 0.254 e. The Hall–Kier alpha value is -2.17. The van der Waals surface area contributed by atoms with Gasteiger partial charge in [0.1, 0.15) is 5.82 Å². The summed E-state index contributed by atoms with van der Waals surface area (Å²) in [7, 11) is 0. The van der Waals surface area contributed by atoms with Crippen LogP contribution in [0, 0.1) is 12.7 Å². The molecular formula is C13H14FN3O. The van der Waals surface area contributed by atoms with Gasteiger partial charge in [-0.3, -0.25) is 9.89 Å². The molecule has 18 heavy (non-hydrogen) atoms. The van der Waals surface area contributed by atoms with E-state index in [0.717, 1.165) is 11.3 Å². The largest absolute Gasteiger partial charge is 0.352 e. The third kappa shape index (κ3) is 2.94. The van der Waals surface area contributed by atoms with E-state index in [-0.39, 0.29) is 11.7 Å². The number of nitrogens with one attached hydrogen (secondary N) is 2. The highest BCUT2D eigenvalue weighted by Gasteiger charge is 2.09. The second-order valence-electron chi connectivity index (χ2n) is 4.04. The lowest BCUT2D eigenvalue weighted by Gasteiger charge is -2.04. The Balaban J connectivity index is 1.84. The van der Waals surface area contributed by atoms with Crippen molar-refractivity contribution in [2.45, 2.75) is 13.3 Å². The number of hydrogen-bond donors (Lipinski definition) is 2. The second kappa shape index (κ2) is 5.44. The quantitative estimate of drug-likeness (QED) is 0.866. The van der Waals surface area contributed by atoms with Crippen LogP contribution in [0.15, 0.2) is 30.5 Å². The Labute approximate surface area is 104 Å². The van der Waals surface area contributed by atoms with Gasteiger partial charge in [-0.05, 0) is 31.0 Å². The lowest BCUT2D eigenvalue weighted by molar-refractivity contribution is 0.0953. The van der Waals surface area contributed by atoms with Gasteiger partial charge in [-0.15, -0.1) is 0 Å². The number of H-pyrrole nitrogens is 1. The van der Waals surface area contributed by atoms with Crippen LogP contribution in [0.1, 0.15) is 21.6 Å². The predicted molar refractivity (Wildman–Crippen MR) is 65.8 cm³/mol. The van der Waals surface area contributed by atoms with Crippen molar-refractivity contribution in [1.29, 1.82) is 0 Å². The first kappa shape index (κ1) is 12.3. The maximum Gasteiger partial charge on any atom is 0.254 e. The van der Waals surface area contributed by atoms with Crippen molar-refractivity contribution in [3.63, 3.8) is 0 Å². The molecule has 5 heteroatoms. The topological polar surface area (TPSA) is 57.8 Å². The van der Waals surface area contributed by atoms with E-state index in [0.29, 0.717) is 18.5 Å². The Kier molecular flexibility index (Phi) is 3.72. The number of carbonyl (C=O) groups excluding carboxylic acids is 1. The number of rotatable bonds is 4. The molecule has 0 bridgehead atoms. The van der Waals surface area contributed by atoms with Gasteiger partial charge in [0, 0.05) is 12.2 Å². The average Bonchev–Trinajstić information content (AvgIpc) is 2.78. The van der Waals surface area contributed by atoms with E-state index in [9.17, 15) is 9.18 Å². The van der Waals surface area contributed by atoms with Crippen LogP contribution in [0.5, 0.6) is 0 Å². The first-order chi connectivity index (χ1) is 8.66. The summed E-state index contributed by atoms with van der Waals surface area (Å²) >= 11 is 0. The number of aryl methyl sites for hydroxylation is 1. The van der Waals surface area contributed by atoms with E-state index in [1.165, 1.54) is 18.3 Å². The zero-order chi connectivity index (χ0) is 13.0. The molecule has 2 aromatic rings. The van der Waals surface area contributed by atoms with Gasteiger partial charge in [-0.25, -0.2) is 4.39 Å². The van der Waals surface area contributed by atoms with E-state index in [4.69, 9.17) is 0 Å². The number of halogens is 1. The molecule has 0 saturated heterocycles. The van der Waals surface area contributed by atoms with E-state index in [1.807, 2.05) is 0 Å². The summed E-state index contributed by atoms with van der Waals surface area (Å²) < 4.78 is 12.7. The van der Waals surface area contributed by atoms with Crippen molar-refractivity contribution < 1.29 is 9.18 Å². The van der Waals surface area contributed by atoms with E-state index >= 15 is 0 Å². The highest BCUT2D eigenvalue weighted by atomic mass is 19.1. The van der Waals surface area contributed by atoms with Crippen LogP contribution in [-0.2, 0) is 6.42 Å². The minimum Gasteiger partial charge on any atom is -0.352 e. The van der Waals surface area contributed by atoms with Gasteiger partial charge >= 0.3 is 0 Å². The molecule has 94 valence electrons. The highest BCUT2D eigenvalue weighted by Crippen LogP contribution is 2.04. The summed E-state index contributed by atoms with van der Waals surface area (Å²) in [5.74, 6) is -0.403. The van der Waals surface area contributed by atoms with Crippen LogP contribution in [-0.4, -0.2) is 22.6 Å². The van der Waals surface area contributed by atoms with Gasteiger partial charge in [0.25, 0.3) is 5.91 Å². The lowest BCUT2D eigenvalue weighted by Crippen LogP contribution is -2.25. The van der Waals surface area contributed by atoms with E-state index < -0.39 is 0 Å². The Morgan fingerprint density at radius 1 is 1.39 bits per heavy atom. The molecule has 0 spiro atoms. The molecule has 4 nitrogen and oxygen atoms in total. The molecule has 1 heterocycles. The number of nitrogens with zero attached hydrogens (tertiary/aromatic N) is 1. The number of aromatic nitrogens is 2. The monoisotopic (exact) mass is 247 g/mol. The maximum absolute atomic E-state index is 12.7. The summed E-state index contributed by atoms with van der Waals surface area (Å²) in [6.45, 7) is 2.30. The molecule has 0 unspecified atom stereocenters. The molecule has 0 saturated carbocycles. The third-order valence-corrected chi connectivity index (χ3v) is 2.69. The molecule has 0 atom stereocenters. The van der Waals surface area contributed by atoms with E-state index in [1.54, 1.807) is 19.1 Å². The average molecular weight is 247 g/mol. The third-order valence-electron chi connectivity index (χ3n) is 2.69. The number of aromatic amines is 1. The highest BCUT2D eigenvalue weighted by molar-refractivity contribution is 5.94. The molecule has 2 N–H and O–H groups in total. The van der Waals surface area contributed by atoms with Crippen molar-refractivity contribution in [3.05, 3.63) is 53.1 Å². The molecule has 0 aliphatic rings. The van der Waals surface area contributed by atoms with Crippen molar-refractivity contribution in [2.24, 2.45) is 0 Å². The number of hydrogen-bond acceptors (Lipinski definition) is 2. The minimum absolute atomic E-state index is 0.150. The van der Waals surface area contributed by atoms with Crippen LogP contribution in [0.3, 0.4) is 0 Å². The zero-order valence-corrected chi connectivity index (χ0v) is 10.0. The Morgan fingerprint density at radius 2 is 2.11 bits per heavy atom. The molecule has 1 amide bonds. The van der Waals surface area contributed by atoms with Gasteiger partial charge in [0.05, 0.1) is 11.8 Å². The van der Waals surface area contributed by atoms with Gasteiger partial charge < -0.3 is 5.32 Å². The fourth-order valence-corrected chi connectivity index (χ4v) is 1.65. The molecule has 2 rings (SSSR count). The van der Waals surface area contributed by atoms with E-state index in [2.05, 4.69) is 15.5 Å². The second-order valence-corrected chi connectivity index (χ2v) is 4.04. The van der Waals surface area contributed by atoms with Gasteiger partial charge in [-0.1, -0.05) is 12.1 Å². The van der Waals surface area contributed by atoms with Crippen LogP contribution in [0.2, 0.25) is 0 Å². The molecule has 0 fully saturated rings. The molecule has 0 aliphatic carbocycles.